The second-order valence-corrected chi connectivity index (χ2v) is 6.22. The van der Waals surface area contributed by atoms with Crippen molar-refractivity contribution in [1.29, 1.82) is 0 Å². The summed E-state index contributed by atoms with van der Waals surface area (Å²) >= 11 is 0. The van der Waals surface area contributed by atoms with E-state index in [1.54, 1.807) is 0 Å². The van der Waals surface area contributed by atoms with E-state index in [-0.39, 0.29) is 16.1 Å². The zero-order valence-corrected chi connectivity index (χ0v) is 15.5. The quantitative estimate of drug-likeness (QED) is 0.488. The van der Waals surface area contributed by atoms with Gasteiger partial charge in [-0.25, -0.2) is 4.68 Å². The van der Waals surface area contributed by atoms with Crippen molar-refractivity contribution in [3.8, 4) is 11.4 Å². The minimum absolute atomic E-state index is 0.159. The van der Waals surface area contributed by atoms with E-state index in [0.29, 0.717) is 18.3 Å². The molecule has 3 rings (SSSR count). The van der Waals surface area contributed by atoms with Crippen LogP contribution < -0.4 is 10.1 Å². The summed E-state index contributed by atoms with van der Waals surface area (Å²) in [5.74, 6) is -1.67. The highest BCUT2D eigenvalue weighted by Gasteiger charge is 2.41. The number of nitrogens with zero attached hydrogens (tertiary/aromatic N) is 2. The van der Waals surface area contributed by atoms with Crippen molar-refractivity contribution in [3.05, 3.63) is 71.5 Å². The van der Waals surface area contributed by atoms with Crippen LogP contribution in [0.1, 0.15) is 21.6 Å². The highest BCUT2D eigenvalue weighted by Crippen LogP contribution is 2.36. The number of halogens is 8. The lowest BCUT2D eigenvalue weighted by molar-refractivity contribution is -0.143. The van der Waals surface area contributed by atoms with Gasteiger partial charge in [0.2, 0.25) is 0 Å². The van der Waals surface area contributed by atoms with Crippen LogP contribution in [0.25, 0.3) is 5.69 Å². The van der Waals surface area contributed by atoms with Gasteiger partial charge in [-0.05, 0) is 30.3 Å². The number of alkyl halides is 8. The van der Waals surface area contributed by atoms with Crippen LogP contribution in [0.3, 0.4) is 0 Å². The predicted octanol–water partition coefficient (Wildman–Crippen LogP) is 5.76. The average Bonchev–Trinajstić information content (AvgIpc) is 3.13. The largest absolute Gasteiger partial charge is 0.435 e. The third-order valence-electron chi connectivity index (χ3n) is 4.02. The zero-order valence-electron chi connectivity index (χ0n) is 15.5. The molecule has 0 radical (unpaired) electrons. The number of benzene rings is 2. The van der Waals surface area contributed by atoms with E-state index in [4.69, 9.17) is 0 Å². The van der Waals surface area contributed by atoms with Gasteiger partial charge in [0.25, 0.3) is 5.91 Å². The molecule has 0 unspecified atom stereocenters. The first-order valence-corrected chi connectivity index (χ1v) is 8.55. The number of nitrogens with one attached hydrogen (secondary N) is 1. The van der Waals surface area contributed by atoms with Crippen molar-refractivity contribution in [1.82, 2.24) is 9.78 Å². The highest BCUT2D eigenvalue weighted by molar-refractivity contribution is 6.05. The van der Waals surface area contributed by atoms with Crippen LogP contribution >= 0.6 is 0 Å². The molecule has 2 aromatic carbocycles. The number of aromatic nitrogens is 2. The van der Waals surface area contributed by atoms with Crippen LogP contribution in [0.4, 0.5) is 40.8 Å². The summed E-state index contributed by atoms with van der Waals surface area (Å²) in [6.07, 6.45) is -9.44. The molecule has 0 atom stereocenters. The second kappa shape index (κ2) is 8.48. The van der Waals surface area contributed by atoms with E-state index < -0.39 is 47.4 Å². The Morgan fingerprint density at radius 3 is 2.28 bits per heavy atom. The van der Waals surface area contributed by atoms with E-state index in [1.165, 1.54) is 12.1 Å². The fourth-order valence-electron chi connectivity index (χ4n) is 2.75. The summed E-state index contributed by atoms with van der Waals surface area (Å²) in [6, 6.07) is 7.49. The van der Waals surface area contributed by atoms with Crippen LogP contribution in [0.2, 0.25) is 0 Å². The van der Waals surface area contributed by atoms with Crippen molar-refractivity contribution >= 4 is 11.6 Å². The molecule has 1 aromatic heterocycles. The minimum atomic E-state index is -5.17. The van der Waals surface area contributed by atoms with Crippen LogP contribution in [-0.4, -0.2) is 22.3 Å². The molecular weight excluding hydrogens is 454 g/mol. The van der Waals surface area contributed by atoms with E-state index in [9.17, 15) is 39.9 Å². The Morgan fingerprint density at radius 2 is 1.66 bits per heavy atom. The van der Waals surface area contributed by atoms with Gasteiger partial charge in [-0.1, -0.05) is 12.1 Å². The molecule has 1 heterocycles. The number of amides is 1. The molecule has 0 saturated carbocycles. The fraction of sp³-hybridized carbons (Fsp3) is 0.158. The van der Waals surface area contributed by atoms with Gasteiger partial charge in [0.15, 0.2) is 5.69 Å². The smallest absolute Gasteiger partial charge is 0.434 e. The number of ether oxygens (including phenoxy) is 1. The summed E-state index contributed by atoms with van der Waals surface area (Å²) in [4.78, 5) is 12.5. The van der Waals surface area contributed by atoms with Crippen molar-refractivity contribution in [2.45, 2.75) is 19.0 Å². The van der Waals surface area contributed by atoms with Gasteiger partial charge in [0.1, 0.15) is 5.75 Å². The summed E-state index contributed by atoms with van der Waals surface area (Å²) < 4.78 is 109. The molecule has 0 saturated heterocycles. The third kappa shape index (κ3) is 5.15. The fourth-order valence-corrected chi connectivity index (χ4v) is 2.75. The maximum absolute atomic E-state index is 13.7. The molecule has 170 valence electrons. The van der Waals surface area contributed by atoms with E-state index in [1.807, 2.05) is 0 Å². The first-order chi connectivity index (χ1) is 14.9. The maximum Gasteiger partial charge on any atom is 0.434 e. The monoisotopic (exact) mass is 465 g/mol. The topological polar surface area (TPSA) is 56.1 Å². The van der Waals surface area contributed by atoms with Crippen molar-refractivity contribution in [3.63, 3.8) is 0 Å². The first kappa shape index (κ1) is 23.0. The Kier molecular flexibility index (Phi) is 6.10. The molecular formula is C19H11F8N3O2. The van der Waals surface area contributed by atoms with Crippen LogP contribution in [0, 0.1) is 0 Å². The van der Waals surface area contributed by atoms with Gasteiger partial charge in [-0.3, -0.25) is 4.79 Å². The van der Waals surface area contributed by atoms with Gasteiger partial charge in [0, 0.05) is 11.8 Å². The van der Waals surface area contributed by atoms with Gasteiger partial charge >= 0.3 is 19.0 Å². The molecule has 0 aliphatic heterocycles. The number of hydrogen-bond donors (Lipinski definition) is 1. The molecule has 32 heavy (non-hydrogen) atoms. The highest BCUT2D eigenvalue weighted by atomic mass is 19.4. The summed E-state index contributed by atoms with van der Waals surface area (Å²) in [5.41, 5.74) is -4.54. The molecule has 0 aliphatic rings. The van der Waals surface area contributed by atoms with Crippen LogP contribution in [0.5, 0.6) is 5.75 Å². The normalized spacial score (nSPS) is 12.2. The van der Waals surface area contributed by atoms with Gasteiger partial charge in [-0.15, -0.1) is 0 Å². The summed E-state index contributed by atoms with van der Waals surface area (Å²) in [5, 5.41) is 5.53. The molecule has 1 amide bonds. The number of carbonyl (C=O) groups is 1. The third-order valence-corrected chi connectivity index (χ3v) is 4.02. The molecule has 3 aromatic rings. The molecule has 0 spiro atoms. The Bertz CT molecular complexity index is 1120. The molecule has 5 nitrogen and oxygen atoms in total. The van der Waals surface area contributed by atoms with Gasteiger partial charge < -0.3 is 10.1 Å². The first-order valence-electron chi connectivity index (χ1n) is 8.55. The number of rotatable bonds is 5. The number of anilines is 1. The van der Waals surface area contributed by atoms with Crippen LogP contribution in [0.15, 0.2) is 54.7 Å². The summed E-state index contributed by atoms with van der Waals surface area (Å²) in [7, 11) is 0. The summed E-state index contributed by atoms with van der Waals surface area (Å²) in [6.45, 7) is -3.16. The number of carbonyl (C=O) groups excluding carboxylic acids is 1. The van der Waals surface area contributed by atoms with Crippen molar-refractivity contribution < 1.29 is 44.7 Å². The molecule has 1 N–H and O–H groups in total. The standard InChI is InChI=1S/C19H11F8N3O2/c20-17(21)32-13-6-2-4-11(8-13)29-16(31)14-9-28-30(15(14)19(25,26)27)12-5-1-3-10(7-12)18(22,23)24/h1-9,17H,(H,29,31). The van der Waals surface area contributed by atoms with E-state index in [2.05, 4.69) is 15.2 Å². The Balaban J connectivity index is 1.99. The Hall–Kier alpha value is -3.64. The second-order valence-electron chi connectivity index (χ2n) is 6.22. The SMILES string of the molecule is O=C(Nc1cccc(OC(F)F)c1)c1cnn(-c2cccc(C(F)(F)F)c2)c1C(F)(F)F. The predicted molar refractivity (Wildman–Crippen MR) is 94.6 cm³/mol. The average molecular weight is 465 g/mol. The van der Waals surface area contributed by atoms with Gasteiger partial charge in [-0.2, -0.15) is 40.2 Å². The van der Waals surface area contributed by atoms with Crippen molar-refractivity contribution in [2.75, 3.05) is 5.32 Å². The minimum Gasteiger partial charge on any atom is -0.435 e. The van der Waals surface area contributed by atoms with Gasteiger partial charge in [0.05, 0.1) is 23.0 Å². The van der Waals surface area contributed by atoms with Crippen LogP contribution in [-0.2, 0) is 12.4 Å². The molecule has 0 fully saturated rings. The lowest BCUT2D eigenvalue weighted by Crippen LogP contribution is -2.21. The van der Waals surface area contributed by atoms with E-state index in [0.717, 1.165) is 24.3 Å². The Morgan fingerprint density at radius 1 is 0.969 bits per heavy atom. The van der Waals surface area contributed by atoms with E-state index >= 15 is 0 Å². The number of hydrogen-bond acceptors (Lipinski definition) is 3. The maximum atomic E-state index is 13.7. The lowest BCUT2D eigenvalue weighted by Gasteiger charge is -2.14. The molecule has 13 heteroatoms. The molecule has 0 aliphatic carbocycles. The lowest BCUT2D eigenvalue weighted by atomic mass is 10.1. The molecule has 0 bridgehead atoms. The zero-order chi connectivity index (χ0) is 23.7. The Labute approximate surface area is 174 Å². The van der Waals surface area contributed by atoms with Crippen molar-refractivity contribution in [2.24, 2.45) is 0 Å².